The summed E-state index contributed by atoms with van der Waals surface area (Å²) in [5.41, 5.74) is 2.94. The van der Waals surface area contributed by atoms with E-state index in [1.54, 1.807) is 79.7 Å². The molecule has 0 aliphatic heterocycles. The van der Waals surface area contributed by atoms with Crippen LogP contribution in [0.1, 0.15) is 31.8 Å². The standard InChI is InChI=1S/C18H15ClNO5P.C18H14ClNO2.2Na/c1-11-8-14(19)6-7-16(11)20-18(21)15-9-12-4-2-3-5-13(12)10-17(15)25-26(22,23)24;1-11-8-14(19)6-7-16(11)20-18(22)15-9-12-4-2-3-5-13(12)10-17(15)21;;/h2-10H,1H3,(H,20,21)(H2,22,23,24);2-10,21H,1H3,(H,20,22);;/q;;2*+1/p-2. The Morgan fingerprint density at radius 3 is 1.48 bits per heavy atom. The largest absolute Gasteiger partial charge is 1.00 e. The number of anilines is 2. The Kier molecular flexibility index (Phi) is 15.0. The summed E-state index contributed by atoms with van der Waals surface area (Å²) in [6.07, 6.45) is 0. The molecule has 244 valence electrons. The molecule has 0 atom stereocenters. The maximum atomic E-state index is 12.7. The number of aromatic hydroxyl groups is 1. The molecule has 6 aromatic rings. The Balaban J connectivity index is 0.000000263. The van der Waals surface area contributed by atoms with Crippen LogP contribution in [0.2, 0.25) is 10.0 Å². The summed E-state index contributed by atoms with van der Waals surface area (Å²) in [4.78, 5) is 47.2. The Morgan fingerprint density at radius 1 is 0.640 bits per heavy atom. The number of phosphoric acid groups is 1. The van der Waals surface area contributed by atoms with Crippen molar-refractivity contribution >= 4 is 75.8 Å². The monoisotopic (exact) mass is 746 g/mol. The van der Waals surface area contributed by atoms with Crippen LogP contribution >= 0.6 is 31.0 Å². The van der Waals surface area contributed by atoms with Crippen LogP contribution in [0.3, 0.4) is 0 Å². The minimum absolute atomic E-state index is 0. The Labute approximate surface area is 342 Å². The molecule has 0 aliphatic carbocycles. The predicted molar refractivity (Wildman–Crippen MR) is 186 cm³/mol. The number of benzene rings is 6. The number of hydrogen-bond acceptors (Lipinski definition) is 7. The van der Waals surface area contributed by atoms with Crippen LogP contribution in [0.4, 0.5) is 11.4 Å². The summed E-state index contributed by atoms with van der Waals surface area (Å²) in [5, 5.41) is 19.8. The maximum Gasteiger partial charge on any atom is 1.00 e. The van der Waals surface area contributed by atoms with E-state index in [1.165, 1.54) is 12.1 Å². The van der Waals surface area contributed by atoms with Crippen LogP contribution in [-0.4, -0.2) is 16.9 Å². The molecule has 0 saturated heterocycles. The quantitative estimate of drug-likeness (QED) is 0.174. The van der Waals surface area contributed by atoms with Gasteiger partial charge in [-0.25, -0.2) is 0 Å². The average molecular weight is 747 g/mol. The zero-order chi connectivity index (χ0) is 34.6. The van der Waals surface area contributed by atoms with Crippen LogP contribution in [0.5, 0.6) is 11.5 Å². The summed E-state index contributed by atoms with van der Waals surface area (Å²) in [5.74, 6) is -1.32. The van der Waals surface area contributed by atoms with Gasteiger partial charge in [-0.15, -0.1) is 0 Å². The number of fused-ring (bicyclic) bond motifs is 2. The first kappa shape index (κ1) is 41.5. The van der Waals surface area contributed by atoms with Crippen molar-refractivity contribution < 1.29 is 92.7 Å². The van der Waals surface area contributed by atoms with Crippen LogP contribution < -0.4 is 84.1 Å². The van der Waals surface area contributed by atoms with E-state index >= 15 is 0 Å². The molecule has 0 heterocycles. The molecule has 0 aromatic heterocycles. The van der Waals surface area contributed by atoms with E-state index in [1.807, 2.05) is 31.2 Å². The van der Waals surface area contributed by atoms with Crippen molar-refractivity contribution in [3.8, 4) is 11.5 Å². The van der Waals surface area contributed by atoms with Gasteiger partial charge >= 0.3 is 59.1 Å². The smallest absolute Gasteiger partial charge is 0.780 e. The van der Waals surface area contributed by atoms with E-state index < -0.39 is 13.7 Å². The molecule has 50 heavy (non-hydrogen) atoms. The van der Waals surface area contributed by atoms with Crippen LogP contribution in [0, 0.1) is 13.8 Å². The summed E-state index contributed by atoms with van der Waals surface area (Å²) < 4.78 is 15.6. The first-order chi connectivity index (χ1) is 22.8. The van der Waals surface area contributed by atoms with Gasteiger partial charge in [-0.3, -0.25) is 9.59 Å². The van der Waals surface area contributed by atoms with Gasteiger partial charge in [0.05, 0.1) is 11.1 Å². The second-order valence-electron chi connectivity index (χ2n) is 10.8. The van der Waals surface area contributed by atoms with E-state index in [0.29, 0.717) is 32.2 Å². The van der Waals surface area contributed by atoms with Gasteiger partial charge in [0.15, 0.2) is 0 Å². The summed E-state index contributed by atoms with van der Waals surface area (Å²) in [6.45, 7) is 3.63. The molecular formula is C36H27Cl2N2Na2O7P. The van der Waals surface area contributed by atoms with E-state index in [-0.39, 0.29) is 87.6 Å². The SMILES string of the molecule is Cc1cc(Cl)ccc1NC(=O)c1cc2ccccc2cc1O.Cc1cc(Cl)ccc1NC(=O)c1cc2ccccc2cc1OP(=O)([O-])[O-].[Na+].[Na+]. The molecule has 9 nitrogen and oxygen atoms in total. The maximum absolute atomic E-state index is 12.7. The molecule has 0 fully saturated rings. The fourth-order valence-electron chi connectivity index (χ4n) is 4.92. The summed E-state index contributed by atoms with van der Waals surface area (Å²) in [6, 6.07) is 30.8. The first-order valence-corrected chi connectivity index (χ1v) is 16.6. The Hall–Kier alpha value is -2.89. The molecule has 0 unspecified atom stereocenters. The van der Waals surface area contributed by atoms with E-state index in [0.717, 1.165) is 21.9 Å². The topological polar surface area (TPSA) is 151 Å². The second-order valence-corrected chi connectivity index (χ2v) is 12.7. The number of rotatable bonds is 6. The third-order valence-electron chi connectivity index (χ3n) is 7.28. The molecule has 0 aliphatic rings. The molecule has 0 radical (unpaired) electrons. The molecular weight excluding hydrogens is 720 g/mol. The van der Waals surface area contributed by atoms with Crippen molar-refractivity contribution in [1.82, 2.24) is 0 Å². The molecule has 0 spiro atoms. The molecule has 6 rings (SSSR count). The minimum Gasteiger partial charge on any atom is -0.780 e. The molecule has 14 heteroatoms. The minimum atomic E-state index is -5.33. The van der Waals surface area contributed by atoms with Gasteiger partial charge in [-0.2, -0.15) is 0 Å². The second kappa shape index (κ2) is 18.0. The Morgan fingerprint density at radius 2 is 1.04 bits per heavy atom. The van der Waals surface area contributed by atoms with Gasteiger partial charge in [0, 0.05) is 21.4 Å². The third-order valence-corrected chi connectivity index (χ3v) is 8.18. The van der Waals surface area contributed by atoms with E-state index in [9.17, 15) is 29.0 Å². The van der Waals surface area contributed by atoms with Crippen LogP contribution in [-0.2, 0) is 4.57 Å². The number of hydrogen-bond donors (Lipinski definition) is 3. The van der Waals surface area contributed by atoms with Gasteiger partial charge in [0.25, 0.3) is 11.8 Å². The molecule has 3 N–H and O–H groups in total. The van der Waals surface area contributed by atoms with Crippen molar-refractivity contribution in [1.29, 1.82) is 0 Å². The number of halogens is 2. The average Bonchev–Trinajstić information content (AvgIpc) is 3.02. The number of carbonyl (C=O) groups is 2. The number of phosphoric ester groups is 1. The predicted octanol–water partition coefficient (Wildman–Crippen LogP) is 2.03. The van der Waals surface area contributed by atoms with Crippen molar-refractivity contribution in [2.75, 3.05) is 10.6 Å². The molecule has 6 aromatic carbocycles. The van der Waals surface area contributed by atoms with Gasteiger partial charge in [0.2, 0.25) is 0 Å². The molecule has 0 saturated carbocycles. The number of nitrogens with one attached hydrogen (secondary N) is 2. The number of amides is 2. The third kappa shape index (κ3) is 10.8. The van der Waals surface area contributed by atoms with E-state index in [4.69, 9.17) is 23.2 Å². The normalized spacial score (nSPS) is 10.6. The zero-order valence-corrected chi connectivity index (χ0v) is 33.9. The fraction of sp³-hybridized carbons (Fsp3) is 0.0556. The van der Waals surface area contributed by atoms with Crippen molar-refractivity contribution in [2.24, 2.45) is 0 Å². The number of phenolic OH excluding ortho intramolecular Hbond substituents is 1. The number of aryl methyl sites for hydroxylation is 2. The van der Waals surface area contributed by atoms with Gasteiger partial charge in [-0.05, 0) is 107 Å². The number of carbonyl (C=O) groups excluding carboxylic acids is 2. The zero-order valence-electron chi connectivity index (χ0n) is 27.5. The number of phenols is 1. The van der Waals surface area contributed by atoms with Crippen LogP contribution in [0.25, 0.3) is 21.5 Å². The van der Waals surface area contributed by atoms with Crippen molar-refractivity contribution in [3.63, 3.8) is 0 Å². The summed E-state index contributed by atoms with van der Waals surface area (Å²) in [7, 11) is -5.33. The molecule has 2 amide bonds. The van der Waals surface area contributed by atoms with Gasteiger partial charge in [-0.1, -0.05) is 71.7 Å². The van der Waals surface area contributed by atoms with E-state index in [2.05, 4.69) is 15.2 Å². The first-order valence-electron chi connectivity index (χ1n) is 14.4. The summed E-state index contributed by atoms with van der Waals surface area (Å²) >= 11 is 11.8. The Bertz CT molecular complexity index is 2250. The van der Waals surface area contributed by atoms with Crippen LogP contribution in [0.15, 0.2) is 109 Å². The fourth-order valence-corrected chi connectivity index (χ4v) is 5.76. The van der Waals surface area contributed by atoms with Gasteiger partial charge in [0.1, 0.15) is 19.3 Å². The van der Waals surface area contributed by atoms with Crippen molar-refractivity contribution in [3.05, 3.63) is 141 Å². The van der Waals surface area contributed by atoms with Crippen molar-refractivity contribution in [2.45, 2.75) is 13.8 Å². The van der Waals surface area contributed by atoms with Gasteiger partial charge < -0.3 is 34.6 Å². The molecule has 0 bridgehead atoms.